The highest BCUT2D eigenvalue weighted by atomic mass is 35.5. The fourth-order valence-corrected chi connectivity index (χ4v) is 2.46. The quantitative estimate of drug-likeness (QED) is 0.602. The minimum Gasteiger partial charge on any atom is -0.481 e. The molecule has 6 nitrogen and oxygen atoms in total. The molecule has 1 aromatic heterocycles. The Morgan fingerprint density at radius 1 is 1.15 bits per heavy atom. The third-order valence-corrected chi connectivity index (χ3v) is 3.95. The van der Waals surface area contributed by atoms with Gasteiger partial charge in [0.05, 0.1) is 12.7 Å². The monoisotopic (exact) mass is 372 g/mol. The first kappa shape index (κ1) is 17.9. The second-order valence-electron chi connectivity index (χ2n) is 5.63. The lowest BCUT2D eigenvalue weighted by atomic mass is 10.1. The third kappa shape index (κ3) is 4.40. The first-order valence-corrected chi connectivity index (χ1v) is 8.35. The molecule has 0 saturated heterocycles. The highest BCUT2D eigenvalue weighted by Gasteiger charge is 2.16. The van der Waals surface area contributed by atoms with E-state index in [4.69, 9.17) is 20.9 Å². The van der Waals surface area contributed by atoms with Crippen LogP contribution in [-0.4, -0.2) is 23.2 Å². The lowest BCUT2D eigenvalue weighted by Gasteiger charge is -2.10. The Morgan fingerprint density at radius 2 is 1.85 bits per heavy atom. The highest BCUT2D eigenvalue weighted by Crippen LogP contribution is 2.22. The summed E-state index contributed by atoms with van der Waals surface area (Å²) in [6.07, 6.45) is 0.117. The van der Waals surface area contributed by atoms with Crippen LogP contribution in [0.3, 0.4) is 0 Å². The molecule has 0 unspecified atom stereocenters. The molecule has 3 rings (SSSR count). The SMILES string of the molecule is COC(=O)c1ccc(O[C@@H](C)c2nc(Cc3ccc(Cl)cc3)no2)cc1. The predicted molar refractivity (Wildman–Crippen MR) is 95.4 cm³/mol. The van der Waals surface area contributed by atoms with E-state index in [2.05, 4.69) is 14.9 Å². The van der Waals surface area contributed by atoms with Crippen molar-refractivity contribution < 1.29 is 18.8 Å². The van der Waals surface area contributed by atoms with Crippen LogP contribution in [0.1, 0.15) is 40.7 Å². The summed E-state index contributed by atoms with van der Waals surface area (Å²) >= 11 is 5.88. The van der Waals surface area contributed by atoms with Gasteiger partial charge in [0.1, 0.15) is 5.75 Å². The second-order valence-corrected chi connectivity index (χ2v) is 6.06. The van der Waals surface area contributed by atoms with E-state index in [1.165, 1.54) is 7.11 Å². The van der Waals surface area contributed by atoms with Crippen LogP contribution < -0.4 is 4.74 Å². The van der Waals surface area contributed by atoms with E-state index in [1.54, 1.807) is 24.3 Å². The Kier molecular flexibility index (Phi) is 5.53. The van der Waals surface area contributed by atoms with Crippen LogP contribution in [0.2, 0.25) is 5.02 Å². The Labute approximate surface area is 155 Å². The van der Waals surface area contributed by atoms with E-state index in [9.17, 15) is 4.79 Å². The number of carbonyl (C=O) groups excluding carboxylic acids is 1. The van der Waals surface area contributed by atoms with E-state index in [-0.39, 0.29) is 0 Å². The minimum absolute atomic E-state index is 0.381. The maximum Gasteiger partial charge on any atom is 0.337 e. The van der Waals surface area contributed by atoms with Gasteiger partial charge in [-0.05, 0) is 48.9 Å². The molecular formula is C19H17ClN2O4. The normalized spacial score (nSPS) is 11.8. The summed E-state index contributed by atoms with van der Waals surface area (Å²) in [7, 11) is 1.34. The van der Waals surface area contributed by atoms with Gasteiger partial charge in [-0.3, -0.25) is 0 Å². The highest BCUT2D eigenvalue weighted by molar-refractivity contribution is 6.30. The Balaban J connectivity index is 1.63. The largest absolute Gasteiger partial charge is 0.481 e. The van der Waals surface area contributed by atoms with Crippen LogP contribution in [0.15, 0.2) is 53.1 Å². The van der Waals surface area contributed by atoms with E-state index < -0.39 is 12.1 Å². The summed E-state index contributed by atoms with van der Waals surface area (Å²) in [6, 6.07) is 14.1. The molecule has 134 valence electrons. The van der Waals surface area contributed by atoms with Crippen LogP contribution in [0.5, 0.6) is 5.75 Å². The molecule has 0 N–H and O–H groups in total. The summed E-state index contributed by atoms with van der Waals surface area (Å²) in [5.74, 6) is 1.14. The number of carbonyl (C=O) groups is 1. The molecule has 1 heterocycles. The van der Waals surface area contributed by atoms with E-state index in [0.29, 0.717) is 34.5 Å². The smallest absolute Gasteiger partial charge is 0.337 e. The average molecular weight is 373 g/mol. The number of ether oxygens (including phenoxy) is 2. The molecule has 0 fully saturated rings. The molecule has 0 aliphatic carbocycles. The van der Waals surface area contributed by atoms with Crippen molar-refractivity contribution in [2.75, 3.05) is 7.11 Å². The van der Waals surface area contributed by atoms with Crippen molar-refractivity contribution >= 4 is 17.6 Å². The van der Waals surface area contributed by atoms with Gasteiger partial charge in [0.15, 0.2) is 11.9 Å². The lowest BCUT2D eigenvalue weighted by Crippen LogP contribution is -2.05. The number of hydrogen-bond acceptors (Lipinski definition) is 6. The van der Waals surface area contributed by atoms with E-state index in [1.807, 2.05) is 31.2 Å². The zero-order valence-corrected chi connectivity index (χ0v) is 15.1. The Hall–Kier alpha value is -2.86. The zero-order valence-electron chi connectivity index (χ0n) is 14.3. The first-order chi connectivity index (χ1) is 12.5. The van der Waals surface area contributed by atoms with Crippen LogP contribution in [-0.2, 0) is 11.2 Å². The molecule has 3 aromatic rings. The maximum atomic E-state index is 11.4. The fourth-order valence-electron chi connectivity index (χ4n) is 2.33. The van der Waals surface area contributed by atoms with Gasteiger partial charge in [0.2, 0.25) is 0 Å². The molecule has 2 aromatic carbocycles. The molecule has 0 radical (unpaired) electrons. The number of nitrogens with zero attached hydrogens (tertiary/aromatic N) is 2. The number of aromatic nitrogens is 2. The second kappa shape index (κ2) is 8.01. The van der Waals surface area contributed by atoms with Gasteiger partial charge in [0, 0.05) is 11.4 Å². The van der Waals surface area contributed by atoms with Crippen molar-refractivity contribution in [1.82, 2.24) is 10.1 Å². The molecular weight excluding hydrogens is 356 g/mol. The van der Waals surface area contributed by atoms with Gasteiger partial charge in [0.25, 0.3) is 5.89 Å². The summed E-state index contributed by atoms with van der Waals surface area (Å²) in [5, 5.41) is 4.67. The maximum absolute atomic E-state index is 11.4. The molecule has 0 saturated carbocycles. The molecule has 0 amide bonds. The van der Waals surface area contributed by atoms with Crippen molar-refractivity contribution in [3.63, 3.8) is 0 Å². The number of esters is 1. The van der Waals surface area contributed by atoms with Gasteiger partial charge in [-0.1, -0.05) is 28.9 Å². The number of methoxy groups -OCH3 is 1. The summed E-state index contributed by atoms with van der Waals surface area (Å²) in [4.78, 5) is 15.8. The van der Waals surface area contributed by atoms with Gasteiger partial charge in [-0.15, -0.1) is 0 Å². The molecule has 7 heteroatoms. The third-order valence-electron chi connectivity index (χ3n) is 3.70. The van der Waals surface area contributed by atoms with Gasteiger partial charge in [-0.2, -0.15) is 4.98 Å². The van der Waals surface area contributed by atoms with Crippen molar-refractivity contribution in [3.8, 4) is 5.75 Å². The van der Waals surface area contributed by atoms with Crippen molar-refractivity contribution in [3.05, 3.63) is 76.4 Å². The molecule has 0 aliphatic rings. The Morgan fingerprint density at radius 3 is 2.50 bits per heavy atom. The number of halogens is 1. The predicted octanol–water partition coefficient (Wildman–Crippen LogP) is 4.24. The number of rotatable bonds is 6. The fraction of sp³-hybridized carbons (Fsp3) is 0.211. The van der Waals surface area contributed by atoms with Crippen LogP contribution in [0.25, 0.3) is 0 Å². The van der Waals surface area contributed by atoms with Gasteiger partial charge in [-0.25, -0.2) is 4.79 Å². The standard InChI is InChI=1S/C19H17ClN2O4/c1-12(25-16-9-5-14(6-10-16)19(23)24-2)18-21-17(22-26-18)11-13-3-7-15(20)8-4-13/h3-10,12H,11H2,1-2H3/t12-/m0/s1. The molecule has 1 atom stereocenters. The van der Waals surface area contributed by atoms with Crippen molar-refractivity contribution in [2.24, 2.45) is 0 Å². The topological polar surface area (TPSA) is 74.5 Å². The molecule has 0 aliphatic heterocycles. The van der Waals surface area contributed by atoms with Crippen molar-refractivity contribution in [1.29, 1.82) is 0 Å². The molecule has 0 spiro atoms. The summed E-state index contributed by atoms with van der Waals surface area (Å²) < 4.78 is 15.7. The van der Waals surface area contributed by atoms with E-state index >= 15 is 0 Å². The lowest BCUT2D eigenvalue weighted by molar-refractivity contribution is 0.0600. The molecule has 0 bridgehead atoms. The van der Waals surface area contributed by atoms with Gasteiger partial charge >= 0.3 is 5.97 Å². The Bertz CT molecular complexity index is 875. The van der Waals surface area contributed by atoms with E-state index in [0.717, 1.165) is 5.56 Å². The first-order valence-electron chi connectivity index (χ1n) is 7.97. The number of benzene rings is 2. The average Bonchev–Trinajstić information content (AvgIpc) is 3.12. The summed E-state index contributed by atoms with van der Waals surface area (Å²) in [6.45, 7) is 1.81. The van der Waals surface area contributed by atoms with Gasteiger partial charge < -0.3 is 14.0 Å². The molecule has 26 heavy (non-hydrogen) atoms. The minimum atomic E-state index is -0.426. The van der Waals surface area contributed by atoms with Crippen molar-refractivity contribution in [2.45, 2.75) is 19.4 Å². The van der Waals surface area contributed by atoms with Crippen LogP contribution in [0.4, 0.5) is 0 Å². The van der Waals surface area contributed by atoms with Crippen LogP contribution in [0, 0.1) is 0 Å². The summed E-state index contributed by atoms with van der Waals surface area (Å²) in [5.41, 5.74) is 1.49. The zero-order chi connectivity index (χ0) is 18.5. The number of hydrogen-bond donors (Lipinski definition) is 0. The van der Waals surface area contributed by atoms with Crippen LogP contribution >= 0.6 is 11.6 Å².